The minimum Gasteiger partial charge on any atom is -0.508 e. The van der Waals surface area contributed by atoms with Crippen LogP contribution >= 0.6 is 0 Å². The zero-order valence-electron chi connectivity index (χ0n) is 11.7. The molecule has 6 nitrogen and oxygen atoms in total. The summed E-state index contributed by atoms with van der Waals surface area (Å²) in [6, 6.07) is 13.6. The molecule has 6 heteroatoms. The molecule has 0 fully saturated rings. The lowest BCUT2D eigenvalue weighted by Crippen LogP contribution is -2.43. The van der Waals surface area contributed by atoms with Crippen molar-refractivity contribution in [1.29, 1.82) is 0 Å². The monoisotopic (exact) mass is 296 g/mol. The minimum absolute atomic E-state index is 0.157. The first-order valence-electron chi connectivity index (χ1n) is 6.71. The van der Waals surface area contributed by atoms with Gasteiger partial charge in [-0.15, -0.1) is 0 Å². The molecule has 2 aromatic rings. The number of phenols is 2. The molecule has 0 unspecified atom stereocenters. The number of benzene rings is 2. The summed E-state index contributed by atoms with van der Waals surface area (Å²) in [4.78, 5) is 0. The lowest BCUT2D eigenvalue weighted by Gasteiger charge is -2.31. The van der Waals surface area contributed by atoms with Crippen molar-refractivity contribution >= 4 is 11.4 Å². The Balaban J connectivity index is 1.92. The highest BCUT2D eigenvalue weighted by Gasteiger charge is 2.16. The topological polar surface area (TPSA) is 93.8 Å². The predicted molar refractivity (Wildman–Crippen MR) is 85.8 cm³/mol. The summed E-state index contributed by atoms with van der Waals surface area (Å²) in [5, 5.41) is 24.1. The third-order valence-corrected chi connectivity index (χ3v) is 3.11. The molecule has 0 saturated carbocycles. The fraction of sp³-hybridized carbons (Fsp3) is 0. The Hall–Kier alpha value is -3.28. The number of hydrazine groups is 1. The normalized spacial score (nSPS) is 13.9. The van der Waals surface area contributed by atoms with Gasteiger partial charge in [0, 0.05) is 17.8 Å². The molecule has 112 valence electrons. The van der Waals surface area contributed by atoms with E-state index < -0.39 is 0 Å². The van der Waals surface area contributed by atoms with Gasteiger partial charge < -0.3 is 21.3 Å². The number of nitrogens with zero attached hydrogens (tertiary/aromatic N) is 1. The highest BCUT2D eigenvalue weighted by molar-refractivity contribution is 5.62. The van der Waals surface area contributed by atoms with Crippen LogP contribution in [0, 0.1) is 0 Å². The van der Waals surface area contributed by atoms with Gasteiger partial charge >= 0.3 is 0 Å². The molecule has 1 aliphatic heterocycles. The van der Waals surface area contributed by atoms with Gasteiger partial charge in [0.1, 0.15) is 23.1 Å². The Morgan fingerprint density at radius 3 is 2.41 bits per heavy atom. The Morgan fingerprint density at radius 2 is 1.68 bits per heavy atom. The SMILES string of the molecule is NC1=CC=C(Nc2cccc(O)c2)N(c2cccc(O)c2)N1. The van der Waals surface area contributed by atoms with E-state index in [1.54, 1.807) is 53.6 Å². The summed E-state index contributed by atoms with van der Waals surface area (Å²) < 4.78 is 0. The summed E-state index contributed by atoms with van der Waals surface area (Å²) in [5.41, 5.74) is 10.3. The maximum Gasteiger partial charge on any atom is 0.130 e. The van der Waals surface area contributed by atoms with Gasteiger partial charge in [0.2, 0.25) is 0 Å². The molecule has 0 saturated heterocycles. The van der Waals surface area contributed by atoms with Crippen molar-refractivity contribution in [2.24, 2.45) is 5.73 Å². The molecule has 1 heterocycles. The highest BCUT2D eigenvalue weighted by atomic mass is 16.3. The number of nitrogens with two attached hydrogens (primary N) is 1. The zero-order valence-corrected chi connectivity index (χ0v) is 11.7. The number of hydrogen-bond acceptors (Lipinski definition) is 6. The number of phenolic OH excluding ortho intramolecular Hbond substituents is 2. The van der Waals surface area contributed by atoms with Crippen LogP contribution in [0.4, 0.5) is 11.4 Å². The van der Waals surface area contributed by atoms with Crippen molar-refractivity contribution < 1.29 is 10.2 Å². The summed E-state index contributed by atoms with van der Waals surface area (Å²) in [6.45, 7) is 0. The number of aromatic hydroxyl groups is 2. The number of anilines is 2. The second-order valence-corrected chi connectivity index (χ2v) is 4.82. The maximum absolute atomic E-state index is 9.65. The molecular formula is C16H16N4O2. The van der Waals surface area contributed by atoms with Crippen molar-refractivity contribution in [1.82, 2.24) is 5.43 Å². The molecular weight excluding hydrogens is 280 g/mol. The van der Waals surface area contributed by atoms with Gasteiger partial charge in [0.05, 0.1) is 5.69 Å². The van der Waals surface area contributed by atoms with E-state index in [4.69, 9.17) is 5.73 Å². The fourth-order valence-corrected chi connectivity index (χ4v) is 2.13. The van der Waals surface area contributed by atoms with Gasteiger partial charge in [0.25, 0.3) is 0 Å². The molecule has 2 aromatic carbocycles. The van der Waals surface area contributed by atoms with Crippen molar-refractivity contribution in [2.75, 3.05) is 10.3 Å². The van der Waals surface area contributed by atoms with Gasteiger partial charge in [-0.2, -0.15) is 0 Å². The van der Waals surface area contributed by atoms with Crippen LogP contribution in [-0.2, 0) is 0 Å². The first-order chi connectivity index (χ1) is 10.6. The summed E-state index contributed by atoms with van der Waals surface area (Å²) >= 11 is 0. The third-order valence-electron chi connectivity index (χ3n) is 3.11. The molecule has 0 aliphatic carbocycles. The second-order valence-electron chi connectivity index (χ2n) is 4.82. The van der Waals surface area contributed by atoms with Crippen molar-refractivity contribution in [2.45, 2.75) is 0 Å². The summed E-state index contributed by atoms with van der Waals surface area (Å²) in [6.07, 6.45) is 3.53. The number of nitrogens with one attached hydrogen (secondary N) is 2. The first-order valence-corrected chi connectivity index (χ1v) is 6.71. The van der Waals surface area contributed by atoms with Gasteiger partial charge in [0.15, 0.2) is 0 Å². The van der Waals surface area contributed by atoms with E-state index in [0.717, 1.165) is 11.4 Å². The van der Waals surface area contributed by atoms with E-state index >= 15 is 0 Å². The largest absolute Gasteiger partial charge is 0.508 e. The van der Waals surface area contributed by atoms with Crippen molar-refractivity contribution in [3.05, 3.63) is 72.3 Å². The van der Waals surface area contributed by atoms with Crippen molar-refractivity contribution in [3.8, 4) is 11.5 Å². The lowest BCUT2D eigenvalue weighted by molar-refractivity contribution is 0.475. The smallest absolute Gasteiger partial charge is 0.130 e. The molecule has 0 atom stereocenters. The average molecular weight is 296 g/mol. The molecule has 3 rings (SSSR count). The van der Waals surface area contributed by atoms with Crippen LogP contribution in [0.1, 0.15) is 0 Å². The summed E-state index contributed by atoms with van der Waals surface area (Å²) in [5.74, 6) is 1.51. The second kappa shape index (κ2) is 5.61. The number of hydrogen-bond donors (Lipinski definition) is 5. The van der Waals surface area contributed by atoms with E-state index in [9.17, 15) is 10.2 Å². The third kappa shape index (κ3) is 2.90. The quantitative estimate of drug-likeness (QED) is 0.596. The lowest BCUT2D eigenvalue weighted by atomic mass is 10.2. The maximum atomic E-state index is 9.65. The van der Waals surface area contributed by atoms with Gasteiger partial charge in [-0.05, 0) is 36.4 Å². The van der Waals surface area contributed by atoms with E-state index in [2.05, 4.69) is 10.7 Å². The molecule has 6 N–H and O–H groups in total. The van der Waals surface area contributed by atoms with E-state index in [1.807, 2.05) is 12.1 Å². The predicted octanol–water partition coefficient (Wildman–Crippen LogP) is 2.18. The van der Waals surface area contributed by atoms with Crippen LogP contribution in [-0.4, -0.2) is 10.2 Å². The van der Waals surface area contributed by atoms with E-state index in [1.165, 1.54) is 0 Å². The van der Waals surface area contributed by atoms with Gasteiger partial charge in [-0.25, -0.2) is 5.01 Å². The Morgan fingerprint density at radius 1 is 0.955 bits per heavy atom. The van der Waals surface area contributed by atoms with Crippen LogP contribution in [0.2, 0.25) is 0 Å². The van der Waals surface area contributed by atoms with Crippen LogP contribution in [0.3, 0.4) is 0 Å². The number of rotatable bonds is 3. The minimum atomic E-state index is 0.157. The molecule has 0 radical (unpaired) electrons. The Bertz CT molecular complexity index is 755. The van der Waals surface area contributed by atoms with Crippen LogP contribution in [0.5, 0.6) is 11.5 Å². The van der Waals surface area contributed by atoms with Crippen molar-refractivity contribution in [3.63, 3.8) is 0 Å². The molecule has 0 amide bonds. The molecule has 22 heavy (non-hydrogen) atoms. The van der Waals surface area contributed by atoms with Crippen LogP contribution < -0.4 is 21.5 Å². The zero-order chi connectivity index (χ0) is 15.5. The number of allylic oxidation sites excluding steroid dienone is 2. The first kappa shape index (κ1) is 13.7. The fourth-order valence-electron chi connectivity index (χ4n) is 2.13. The van der Waals surface area contributed by atoms with Crippen LogP contribution in [0.25, 0.3) is 0 Å². The molecule has 0 aromatic heterocycles. The van der Waals surface area contributed by atoms with Gasteiger partial charge in [-0.3, -0.25) is 5.43 Å². The molecule has 0 bridgehead atoms. The van der Waals surface area contributed by atoms with Crippen LogP contribution in [0.15, 0.2) is 72.3 Å². The molecule has 0 spiro atoms. The molecule has 1 aliphatic rings. The average Bonchev–Trinajstić information content (AvgIpc) is 2.49. The Labute approximate surface area is 127 Å². The standard InChI is InChI=1S/C16H16N4O2/c17-15-7-8-16(18-11-3-1-5-13(21)9-11)20(19-15)12-4-2-6-14(22)10-12/h1-10,18-19,21-22H,17H2. The summed E-state index contributed by atoms with van der Waals surface area (Å²) in [7, 11) is 0. The highest BCUT2D eigenvalue weighted by Crippen LogP contribution is 2.25. The van der Waals surface area contributed by atoms with E-state index in [-0.39, 0.29) is 11.5 Å². The van der Waals surface area contributed by atoms with E-state index in [0.29, 0.717) is 11.6 Å². The van der Waals surface area contributed by atoms with Gasteiger partial charge in [-0.1, -0.05) is 12.1 Å². The Kier molecular flexibility index (Phi) is 3.49.